The molecule has 1 amide bonds. The van der Waals surface area contributed by atoms with Gasteiger partial charge in [-0.05, 0) is 64.5 Å². The average molecular weight is 443 g/mol. The van der Waals surface area contributed by atoms with Gasteiger partial charge in [-0.25, -0.2) is 12.7 Å². The van der Waals surface area contributed by atoms with Gasteiger partial charge in [-0.2, -0.15) is 0 Å². The quantitative estimate of drug-likeness (QED) is 0.730. The standard InChI is InChI=1S/C17H19BrN2O3S2/c1-11-13-7-9-24-15(13)6-8-20(11)17(21)12-4-5-14(18)16(10-12)25(22,23)19(2)3/h4-5,7,9-11H,6,8H2,1-3H3. The highest BCUT2D eigenvalue weighted by Crippen LogP contribution is 2.34. The molecule has 0 fully saturated rings. The summed E-state index contributed by atoms with van der Waals surface area (Å²) in [4.78, 5) is 16.2. The van der Waals surface area contributed by atoms with Crippen molar-refractivity contribution in [3.8, 4) is 0 Å². The zero-order chi connectivity index (χ0) is 18.4. The molecule has 1 atom stereocenters. The number of sulfonamides is 1. The smallest absolute Gasteiger partial charge is 0.254 e. The Hall–Kier alpha value is -1.22. The van der Waals surface area contributed by atoms with Crippen LogP contribution in [0.2, 0.25) is 0 Å². The third-order valence-corrected chi connectivity index (χ3v) is 8.28. The van der Waals surface area contributed by atoms with Crippen LogP contribution in [0.4, 0.5) is 0 Å². The maximum Gasteiger partial charge on any atom is 0.254 e. The fourth-order valence-electron chi connectivity index (χ4n) is 2.98. The minimum Gasteiger partial charge on any atom is -0.331 e. The molecule has 2 aromatic rings. The molecule has 1 aromatic carbocycles. The van der Waals surface area contributed by atoms with Crippen LogP contribution in [0, 0.1) is 0 Å². The van der Waals surface area contributed by atoms with Gasteiger partial charge in [0.1, 0.15) is 0 Å². The summed E-state index contributed by atoms with van der Waals surface area (Å²) in [6, 6.07) is 6.79. The maximum atomic E-state index is 13.0. The minimum absolute atomic E-state index is 0.0138. The van der Waals surface area contributed by atoms with Crippen LogP contribution < -0.4 is 0 Å². The third kappa shape index (κ3) is 3.28. The van der Waals surface area contributed by atoms with Gasteiger partial charge in [0, 0.05) is 35.6 Å². The fourth-order valence-corrected chi connectivity index (χ4v) is 5.79. The van der Waals surface area contributed by atoms with E-state index in [4.69, 9.17) is 0 Å². The first-order valence-electron chi connectivity index (χ1n) is 7.83. The second-order valence-electron chi connectivity index (χ2n) is 6.16. The predicted molar refractivity (Wildman–Crippen MR) is 102 cm³/mol. The van der Waals surface area contributed by atoms with Gasteiger partial charge in [-0.3, -0.25) is 4.79 Å². The van der Waals surface area contributed by atoms with E-state index < -0.39 is 10.0 Å². The van der Waals surface area contributed by atoms with Gasteiger partial charge in [0.15, 0.2) is 0 Å². The highest BCUT2D eigenvalue weighted by Gasteiger charge is 2.30. The van der Waals surface area contributed by atoms with E-state index in [0.717, 1.165) is 10.7 Å². The molecule has 0 radical (unpaired) electrons. The monoisotopic (exact) mass is 442 g/mol. The van der Waals surface area contributed by atoms with Crippen LogP contribution in [0.15, 0.2) is 39.0 Å². The third-order valence-electron chi connectivity index (χ3n) is 4.47. The Balaban J connectivity index is 1.97. The van der Waals surface area contributed by atoms with Crippen LogP contribution in [0.5, 0.6) is 0 Å². The van der Waals surface area contributed by atoms with Crippen molar-refractivity contribution in [3.05, 3.63) is 50.1 Å². The lowest BCUT2D eigenvalue weighted by molar-refractivity contribution is 0.0679. The zero-order valence-electron chi connectivity index (χ0n) is 14.2. The van der Waals surface area contributed by atoms with Crippen molar-refractivity contribution in [2.24, 2.45) is 0 Å². The lowest BCUT2D eigenvalue weighted by atomic mass is 10.0. The van der Waals surface area contributed by atoms with Gasteiger partial charge in [0.25, 0.3) is 5.91 Å². The summed E-state index contributed by atoms with van der Waals surface area (Å²) in [7, 11) is -0.684. The second kappa shape index (κ2) is 6.83. The van der Waals surface area contributed by atoms with Crippen molar-refractivity contribution in [2.45, 2.75) is 24.3 Å². The van der Waals surface area contributed by atoms with Gasteiger partial charge in [-0.1, -0.05) is 0 Å². The van der Waals surface area contributed by atoms with Crippen LogP contribution >= 0.6 is 27.3 Å². The first-order valence-corrected chi connectivity index (χ1v) is 10.9. The van der Waals surface area contributed by atoms with Gasteiger partial charge in [0.2, 0.25) is 10.0 Å². The van der Waals surface area contributed by atoms with Gasteiger partial charge < -0.3 is 4.90 Å². The minimum atomic E-state index is -3.63. The predicted octanol–water partition coefficient (Wildman–Crippen LogP) is 3.52. The SMILES string of the molecule is CC1c2ccsc2CCN1C(=O)c1ccc(Br)c(S(=O)(=O)N(C)C)c1. The molecule has 0 N–H and O–H groups in total. The molecule has 1 aliphatic heterocycles. The van der Waals surface area contributed by atoms with Crippen molar-refractivity contribution >= 4 is 43.2 Å². The van der Waals surface area contributed by atoms with E-state index in [0.29, 0.717) is 16.6 Å². The van der Waals surface area contributed by atoms with Crippen LogP contribution in [0.3, 0.4) is 0 Å². The molecule has 1 aromatic heterocycles. The van der Waals surface area contributed by atoms with E-state index in [1.807, 2.05) is 11.8 Å². The Morgan fingerprint density at radius 1 is 1.32 bits per heavy atom. The molecule has 0 saturated carbocycles. The molecular formula is C17H19BrN2O3S2. The van der Waals surface area contributed by atoms with Crippen LogP contribution in [0.1, 0.15) is 33.8 Å². The Labute approximate surface area is 160 Å². The lowest BCUT2D eigenvalue weighted by Crippen LogP contribution is -2.38. The van der Waals surface area contributed by atoms with Gasteiger partial charge >= 0.3 is 0 Å². The molecule has 1 aliphatic rings. The van der Waals surface area contributed by atoms with Crippen LogP contribution in [0.25, 0.3) is 0 Å². The van der Waals surface area contributed by atoms with E-state index >= 15 is 0 Å². The van der Waals surface area contributed by atoms with E-state index in [-0.39, 0.29) is 16.8 Å². The molecule has 134 valence electrons. The maximum absolute atomic E-state index is 13.0. The Bertz CT molecular complexity index is 922. The van der Waals surface area contributed by atoms with Gasteiger partial charge in [-0.15, -0.1) is 11.3 Å². The number of benzene rings is 1. The first kappa shape index (κ1) is 18.6. The summed E-state index contributed by atoms with van der Waals surface area (Å²) in [5, 5.41) is 2.05. The van der Waals surface area contributed by atoms with Crippen molar-refractivity contribution in [1.82, 2.24) is 9.21 Å². The fraction of sp³-hybridized carbons (Fsp3) is 0.353. The molecule has 2 heterocycles. The molecule has 0 aliphatic carbocycles. The molecular weight excluding hydrogens is 424 g/mol. The second-order valence-corrected chi connectivity index (χ2v) is 10.1. The molecule has 5 nitrogen and oxygen atoms in total. The molecule has 0 saturated heterocycles. The number of fused-ring (bicyclic) bond motifs is 1. The molecule has 1 unspecified atom stereocenters. The van der Waals surface area contributed by atoms with E-state index in [9.17, 15) is 13.2 Å². The zero-order valence-corrected chi connectivity index (χ0v) is 17.4. The Morgan fingerprint density at radius 2 is 2.04 bits per heavy atom. The topological polar surface area (TPSA) is 57.7 Å². The summed E-state index contributed by atoms with van der Waals surface area (Å²) >= 11 is 5.00. The Kier molecular flexibility index (Phi) is 5.07. The number of hydrogen-bond donors (Lipinski definition) is 0. The number of nitrogens with zero attached hydrogens (tertiary/aromatic N) is 2. The Morgan fingerprint density at radius 3 is 2.72 bits per heavy atom. The summed E-state index contributed by atoms with van der Waals surface area (Å²) in [5.74, 6) is -0.146. The van der Waals surface area contributed by atoms with E-state index in [1.165, 1.54) is 30.6 Å². The van der Waals surface area contributed by atoms with Crippen molar-refractivity contribution < 1.29 is 13.2 Å². The van der Waals surface area contributed by atoms with Crippen LogP contribution in [-0.2, 0) is 16.4 Å². The normalized spacial score (nSPS) is 17.6. The first-order chi connectivity index (χ1) is 11.7. The highest BCUT2D eigenvalue weighted by atomic mass is 79.9. The van der Waals surface area contributed by atoms with E-state index in [2.05, 4.69) is 27.4 Å². The summed E-state index contributed by atoms with van der Waals surface area (Å²) in [5.41, 5.74) is 1.57. The number of carbonyl (C=O) groups excluding carboxylic acids is 1. The molecule has 0 spiro atoms. The highest BCUT2D eigenvalue weighted by molar-refractivity contribution is 9.10. The summed E-state index contributed by atoms with van der Waals surface area (Å²) < 4.78 is 26.5. The van der Waals surface area contributed by atoms with Crippen molar-refractivity contribution in [3.63, 3.8) is 0 Å². The van der Waals surface area contributed by atoms with Gasteiger partial charge in [0.05, 0.1) is 10.9 Å². The molecule has 0 bridgehead atoms. The number of rotatable bonds is 3. The number of thiophene rings is 1. The lowest BCUT2D eigenvalue weighted by Gasteiger charge is -2.33. The molecule has 25 heavy (non-hydrogen) atoms. The number of amides is 1. The van der Waals surface area contributed by atoms with Crippen molar-refractivity contribution in [2.75, 3.05) is 20.6 Å². The number of carbonyl (C=O) groups is 1. The molecule has 8 heteroatoms. The average Bonchev–Trinajstić information content (AvgIpc) is 3.04. The number of halogens is 1. The van der Waals surface area contributed by atoms with Crippen molar-refractivity contribution in [1.29, 1.82) is 0 Å². The summed E-state index contributed by atoms with van der Waals surface area (Å²) in [6.45, 7) is 2.65. The summed E-state index contributed by atoms with van der Waals surface area (Å²) in [6.07, 6.45) is 0.836. The largest absolute Gasteiger partial charge is 0.331 e. The molecule has 3 rings (SSSR count). The van der Waals surface area contributed by atoms with Crippen LogP contribution in [-0.4, -0.2) is 44.2 Å². The number of hydrogen-bond acceptors (Lipinski definition) is 4. The van der Waals surface area contributed by atoms with E-state index in [1.54, 1.807) is 23.5 Å².